The molecule has 0 spiro atoms. The summed E-state index contributed by atoms with van der Waals surface area (Å²) in [7, 11) is 5.77. The number of carbonyl (C=O) groups excluding carboxylic acids is 1. The molecule has 6 nitrogen and oxygen atoms in total. The molecule has 0 aliphatic carbocycles. The summed E-state index contributed by atoms with van der Waals surface area (Å²) in [6.07, 6.45) is 2.59. The molecule has 0 radical (unpaired) electrons. The van der Waals surface area contributed by atoms with E-state index >= 15 is 0 Å². The number of nitrogens with zero attached hydrogens (tertiary/aromatic N) is 2. The second-order valence-corrected chi connectivity index (χ2v) is 8.11. The highest BCUT2D eigenvalue weighted by molar-refractivity contribution is 14.0. The van der Waals surface area contributed by atoms with Gasteiger partial charge in [0, 0.05) is 44.0 Å². The summed E-state index contributed by atoms with van der Waals surface area (Å²) in [6, 6.07) is 7.71. The van der Waals surface area contributed by atoms with Gasteiger partial charge in [-0.25, -0.2) is 0 Å². The average Bonchev–Trinajstić information content (AvgIpc) is 3.15. The van der Waals surface area contributed by atoms with Crippen LogP contribution in [0.1, 0.15) is 28.8 Å². The van der Waals surface area contributed by atoms with Crippen LogP contribution in [0.3, 0.4) is 0 Å². The molecule has 1 unspecified atom stereocenters. The first-order chi connectivity index (χ1) is 12.6. The summed E-state index contributed by atoms with van der Waals surface area (Å²) in [6.45, 7) is 3.05. The molecule has 1 aromatic rings. The molecule has 0 aromatic heterocycles. The fraction of sp³-hybridized carbons (Fsp3) is 0.579. The highest BCUT2D eigenvalue weighted by Gasteiger charge is 2.15. The quantitative estimate of drug-likeness (QED) is 0.287. The Hall–Kier alpha value is -1.00. The van der Waals surface area contributed by atoms with Gasteiger partial charge in [0.25, 0.3) is 5.91 Å². The molecule has 27 heavy (non-hydrogen) atoms. The van der Waals surface area contributed by atoms with Crippen LogP contribution in [0.5, 0.6) is 0 Å². The number of hydrogen-bond donors (Lipinski definition) is 3. The van der Waals surface area contributed by atoms with Crippen molar-refractivity contribution in [2.75, 3.05) is 46.5 Å². The van der Waals surface area contributed by atoms with E-state index in [4.69, 9.17) is 0 Å². The molecule has 1 aliphatic heterocycles. The number of amides is 1. The number of guanidine groups is 1. The predicted molar refractivity (Wildman–Crippen MR) is 126 cm³/mol. The molecule has 1 amide bonds. The molecule has 2 rings (SSSR count). The van der Waals surface area contributed by atoms with Crippen molar-refractivity contribution >= 4 is 47.6 Å². The molecular formula is C19H32IN5OS. The van der Waals surface area contributed by atoms with Crippen molar-refractivity contribution < 1.29 is 4.79 Å². The van der Waals surface area contributed by atoms with Gasteiger partial charge in [-0.3, -0.25) is 9.79 Å². The minimum absolute atomic E-state index is 0. The first kappa shape index (κ1) is 24.0. The normalized spacial score (nSPS) is 16.7. The summed E-state index contributed by atoms with van der Waals surface area (Å²) < 4.78 is 0. The van der Waals surface area contributed by atoms with Crippen molar-refractivity contribution in [3.63, 3.8) is 0 Å². The highest BCUT2D eigenvalue weighted by atomic mass is 127. The van der Waals surface area contributed by atoms with Gasteiger partial charge in [-0.2, -0.15) is 11.8 Å². The van der Waals surface area contributed by atoms with Gasteiger partial charge in [0.2, 0.25) is 0 Å². The maximum absolute atomic E-state index is 12.2. The lowest BCUT2D eigenvalue weighted by Crippen LogP contribution is -2.39. The SMILES string of the molecule is CN=C(NCc1cccc(C(=O)NCCN(C)C)c1)NCC1CCCS1.I. The number of benzene rings is 1. The Labute approximate surface area is 184 Å². The summed E-state index contributed by atoms with van der Waals surface area (Å²) in [5.74, 6) is 2.04. The van der Waals surface area contributed by atoms with Crippen molar-refractivity contribution in [1.82, 2.24) is 20.9 Å². The third-order valence-electron chi connectivity index (χ3n) is 4.24. The minimum Gasteiger partial charge on any atom is -0.355 e. The van der Waals surface area contributed by atoms with Crippen LogP contribution in [-0.4, -0.2) is 68.5 Å². The Bertz CT molecular complexity index is 606. The molecule has 3 N–H and O–H groups in total. The third-order valence-corrected chi connectivity index (χ3v) is 5.64. The van der Waals surface area contributed by atoms with Gasteiger partial charge >= 0.3 is 0 Å². The van der Waals surface area contributed by atoms with E-state index in [0.717, 1.165) is 24.6 Å². The molecule has 0 saturated carbocycles. The molecule has 152 valence electrons. The van der Waals surface area contributed by atoms with E-state index < -0.39 is 0 Å². The number of rotatable bonds is 8. The highest BCUT2D eigenvalue weighted by Crippen LogP contribution is 2.25. The van der Waals surface area contributed by atoms with Gasteiger partial charge < -0.3 is 20.9 Å². The van der Waals surface area contributed by atoms with Gasteiger partial charge in [0.1, 0.15) is 0 Å². The van der Waals surface area contributed by atoms with Gasteiger partial charge in [-0.05, 0) is 50.4 Å². The molecular weight excluding hydrogens is 473 g/mol. The monoisotopic (exact) mass is 505 g/mol. The van der Waals surface area contributed by atoms with Crippen LogP contribution in [0.25, 0.3) is 0 Å². The van der Waals surface area contributed by atoms with Crippen LogP contribution >= 0.6 is 35.7 Å². The molecule has 1 atom stereocenters. The second kappa shape index (κ2) is 13.2. The van der Waals surface area contributed by atoms with Crippen LogP contribution in [0.4, 0.5) is 0 Å². The number of nitrogens with one attached hydrogen (secondary N) is 3. The van der Waals surface area contributed by atoms with Crippen molar-refractivity contribution in [1.29, 1.82) is 0 Å². The summed E-state index contributed by atoms with van der Waals surface area (Å²) >= 11 is 2.03. The summed E-state index contributed by atoms with van der Waals surface area (Å²) in [5.41, 5.74) is 1.75. The van der Waals surface area contributed by atoms with Crippen molar-refractivity contribution in [2.24, 2.45) is 4.99 Å². The lowest BCUT2D eigenvalue weighted by atomic mass is 10.1. The molecule has 1 fully saturated rings. The standard InChI is InChI=1S/C19H31N5OS.HI/c1-20-19(23-14-17-8-5-11-26-17)22-13-15-6-4-7-16(12-15)18(25)21-9-10-24(2)3;/h4,6-7,12,17H,5,8-11,13-14H2,1-3H3,(H,21,25)(H2,20,22,23);1H. The van der Waals surface area contributed by atoms with Gasteiger partial charge in [0.15, 0.2) is 5.96 Å². The van der Waals surface area contributed by atoms with Crippen LogP contribution in [0.2, 0.25) is 0 Å². The Kier molecular flexibility index (Phi) is 11.8. The first-order valence-electron chi connectivity index (χ1n) is 9.16. The van der Waals surface area contributed by atoms with Crippen molar-refractivity contribution in [3.8, 4) is 0 Å². The molecule has 1 aromatic carbocycles. The second-order valence-electron chi connectivity index (χ2n) is 6.70. The van der Waals surface area contributed by atoms with Gasteiger partial charge in [-0.15, -0.1) is 24.0 Å². The summed E-state index contributed by atoms with van der Waals surface area (Å²) in [5, 5.41) is 10.3. The fourth-order valence-electron chi connectivity index (χ4n) is 2.74. The fourth-order valence-corrected chi connectivity index (χ4v) is 3.94. The number of thioether (sulfide) groups is 1. The Balaban J connectivity index is 0.00000364. The van der Waals surface area contributed by atoms with E-state index in [0.29, 0.717) is 23.9 Å². The number of likely N-dealkylation sites (N-methyl/N-ethyl adjacent to an activating group) is 1. The minimum atomic E-state index is -0.0329. The maximum Gasteiger partial charge on any atom is 0.251 e. The number of hydrogen-bond acceptors (Lipinski definition) is 4. The Morgan fingerprint density at radius 2 is 2.11 bits per heavy atom. The molecule has 1 heterocycles. The smallest absolute Gasteiger partial charge is 0.251 e. The number of aliphatic imine (C=N–C) groups is 1. The van der Waals surface area contributed by atoms with E-state index in [1.807, 2.05) is 55.0 Å². The van der Waals surface area contributed by atoms with Crippen molar-refractivity contribution in [3.05, 3.63) is 35.4 Å². The third kappa shape index (κ3) is 9.16. The van der Waals surface area contributed by atoms with Crippen LogP contribution in [0.15, 0.2) is 29.3 Å². The van der Waals surface area contributed by atoms with E-state index in [2.05, 4.69) is 20.9 Å². The Morgan fingerprint density at radius 1 is 1.30 bits per heavy atom. The van der Waals surface area contributed by atoms with Gasteiger partial charge in [-0.1, -0.05) is 12.1 Å². The zero-order valence-corrected chi connectivity index (χ0v) is 19.6. The van der Waals surface area contributed by atoms with E-state index in [1.165, 1.54) is 18.6 Å². The van der Waals surface area contributed by atoms with Crippen LogP contribution in [0, 0.1) is 0 Å². The summed E-state index contributed by atoms with van der Waals surface area (Å²) in [4.78, 5) is 18.6. The largest absolute Gasteiger partial charge is 0.355 e. The van der Waals surface area contributed by atoms with Gasteiger partial charge in [0.05, 0.1) is 0 Å². The molecule has 1 aliphatic rings. The van der Waals surface area contributed by atoms with E-state index in [9.17, 15) is 4.79 Å². The molecule has 0 bridgehead atoms. The van der Waals surface area contributed by atoms with Crippen LogP contribution in [-0.2, 0) is 6.54 Å². The van der Waals surface area contributed by atoms with E-state index in [-0.39, 0.29) is 29.9 Å². The average molecular weight is 505 g/mol. The number of carbonyl (C=O) groups is 1. The van der Waals surface area contributed by atoms with Crippen molar-refractivity contribution in [2.45, 2.75) is 24.6 Å². The molecule has 8 heteroatoms. The predicted octanol–water partition coefficient (Wildman–Crippen LogP) is 2.16. The zero-order chi connectivity index (χ0) is 18.8. The zero-order valence-electron chi connectivity index (χ0n) is 16.5. The topological polar surface area (TPSA) is 68.8 Å². The Morgan fingerprint density at radius 3 is 2.78 bits per heavy atom. The maximum atomic E-state index is 12.2. The van der Waals surface area contributed by atoms with Crippen LogP contribution < -0.4 is 16.0 Å². The first-order valence-corrected chi connectivity index (χ1v) is 10.2. The lowest BCUT2D eigenvalue weighted by Gasteiger charge is -2.15. The molecule has 1 saturated heterocycles. The number of halogens is 1. The van der Waals surface area contributed by atoms with E-state index in [1.54, 1.807) is 7.05 Å². The lowest BCUT2D eigenvalue weighted by molar-refractivity contribution is 0.0951.